The van der Waals surface area contributed by atoms with Gasteiger partial charge in [0.2, 0.25) is 0 Å². The molecule has 0 amide bonds. The van der Waals surface area contributed by atoms with Gasteiger partial charge < -0.3 is 10.5 Å². The molecule has 0 aliphatic rings. The van der Waals surface area contributed by atoms with Crippen LogP contribution in [0.5, 0.6) is 5.75 Å². The van der Waals surface area contributed by atoms with Gasteiger partial charge in [-0.2, -0.15) is 0 Å². The summed E-state index contributed by atoms with van der Waals surface area (Å²) in [5.74, 6) is 0.902. The van der Waals surface area contributed by atoms with Crippen LogP contribution in [-0.2, 0) is 6.42 Å². The van der Waals surface area contributed by atoms with Gasteiger partial charge in [0.05, 0.1) is 7.11 Å². The van der Waals surface area contributed by atoms with Gasteiger partial charge >= 0.3 is 0 Å². The largest absolute Gasteiger partial charge is 0.496 e. The lowest BCUT2D eigenvalue weighted by Crippen LogP contribution is -2.05. The molecule has 0 saturated carbocycles. The molecule has 78 valence electrons. The Morgan fingerprint density at radius 1 is 1.33 bits per heavy atom. The van der Waals surface area contributed by atoms with E-state index in [1.165, 1.54) is 10.9 Å². The molecular formula is C12H14N2O. The molecule has 1 heterocycles. The Kier molecular flexibility index (Phi) is 2.83. The number of hydrogen-bond donors (Lipinski definition) is 1. The highest BCUT2D eigenvalue weighted by atomic mass is 16.5. The summed E-state index contributed by atoms with van der Waals surface area (Å²) in [5.41, 5.74) is 6.77. The maximum absolute atomic E-state index is 5.60. The molecule has 0 unspecified atom stereocenters. The van der Waals surface area contributed by atoms with Crippen molar-refractivity contribution in [3.05, 3.63) is 36.2 Å². The lowest BCUT2D eigenvalue weighted by Gasteiger charge is -2.10. The van der Waals surface area contributed by atoms with Crippen LogP contribution in [0.15, 0.2) is 30.6 Å². The molecule has 1 aromatic carbocycles. The molecule has 1 aromatic heterocycles. The van der Waals surface area contributed by atoms with Crippen molar-refractivity contribution in [3.63, 3.8) is 0 Å². The lowest BCUT2D eigenvalue weighted by atomic mass is 10.0. The van der Waals surface area contributed by atoms with E-state index in [1.807, 2.05) is 24.4 Å². The molecule has 15 heavy (non-hydrogen) atoms. The van der Waals surface area contributed by atoms with Gasteiger partial charge in [0.1, 0.15) is 5.75 Å². The third-order valence-corrected chi connectivity index (χ3v) is 2.50. The van der Waals surface area contributed by atoms with Crippen molar-refractivity contribution in [3.8, 4) is 5.75 Å². The van der Waals surface area contributed by atoms with Crippen molar-refractivity contribution >= 4 is 10.8 Å². The predicted octanol–water partition coefficient (Wildman–Crippen LogP) is 1.74. The summed E-state index contributed by atoms with van der Waals surface area (Å²) < 4.78 is 5.33. The smallest absolute Gasteiger partial charge is 0.122 e. The fourth-order valence-corrected chi connectivity index (χ4v) is 1.81. The molecule has 2 N–H and O–H groups in total. The maximum atomic E-state index is 5.60. The first-order chi connectivity index (χ1) is 7.36. The highest BCUT2D eigenvalue weighted by Gasteiger charge is 2.06. The van der Waals surface area contributed by atoms with Crippen LogP contribution in [0.25, 0.3) is 10.8 Å². The number of methoxy groups -OCH3 is 1. The van der Waals surface area contributed by atoms with Crippen molar-refractivity contribution in [2.45, 2.75) is 6.42 Å². The molecule has 0 atom stereocenters. The van der Waals surface area contributed by atoms with Crippen molar-refractivity contribution in [2.24, 2.45) is 5.73 Å². The fraction of sp³-hybridized carbons (Fsp3) is 0.250. The summed E-state index contributed by atoms with van der Waals surface area (Å²) in [7, 11) is 1.68. The fourth-order valence-electron chi connectivity index (χ4n) is 1.81. The first-order valence-electron chi connectivity index (χ1n) is 4.96. The van der Waals surface area contributed by atoms with E-state index < -0.39 is 0 Å². The Morgan fingerprint density at radius 2 is 2.20 bits per heavy atom. The Morgan fingerprint density at radius 3 is 2.93 bits per heavy atom. The second kappa shape index (κ2) is 4.28. The normalized spacial score (nSPS) is 10.5. The first-order valence-corrected chi connectivity index (χ1v) is 4.96. The van der Waals surface area contributed by atoms with Crippen molar-refractivity contribution < 1.29 is 4.74 Å². The van der Waals surface area contributed by atoms with E-state index in [0.29, 0.717) is 6.54 Å². The number of rotatable bonds is 3. The van der Waals surface area contributed by atoms with Gasteiger partial charge in [-0.1, -0.05) is 0 Å². The summed E-state index contributed by atoms with van der Waals surface area (Å²) in [5, 5.41) is 2.30. The monoisotopic (exact) mass is 202 g/mol. The predicted molar refractivity (Wildman–Crippen MR) is 61.1 cm³/mol. The van der Waals surface area contributed by atoms with E-state index in [4.69, 9.17) is 10.5 Å². The number of nitrogens with zero attached hydrogens (tertiary/aromatic N) is 1. The minimum absolute atomic E-state index is 0.623. The zero-order valence-electron chi connectivity index (χ0n) is 8.73. The van der Waals surface area contributed by atoms with Gasteiger partial charge in [-0.25, -0.2) is 0 Å². The van der Waals surface area contributed by atoms with Crippen LogP contribution in [-0.4, -0.2) is 18.6 Å². The van der Waals surface area contributed by atoms with Crippen LogP contribution in [0.1, 0.15) is 5.56 Å². The van der Waals surface area contributed by atoms with Crippen molar-refractivity contribution in [1.82, 2.24) is 4.98 Å². The molecule has 0 aliphatic heterocycles. The summed E-state index contributed by atoms with van der Waals surface area (Å²) >= 11 is 0. The molecule has 2 rings (SSSR count). The molecule has 0 fully saturated rings. The zero-order chi connectivity index (χ0) is 10.7. The third kappa shape index (κ3) is 1.78. The van der Waals surface area contributed by atoms with Crippen LogP contribution < -0.4 is 10.5 Å². The average Bonchev–Trinajstić information content (AvgIpc) is 2.30. The SMILES string of the molecule is COc1ccc2cnccc2c1CCN. The molecule has 3 heteroatoms. The molecule has 0 bridgehead atoms. The van der Waals surface area contributed by atoms with Gasteiger partial charge in [-0.15, -0.1) is 0 Å². The second-order valence-electron chi connectivity index (χ2n) is 3.38. The number of ether oxygens (including phenoxy) is 1. The van der Waals surface area contributed by atoms with Crippen LogP contribution in [0.3, 0.4) is 0 Å². The Hall–Kier alpha value is -1.61. The minimum Gasteiger partial charge on any atom is -0.496 e. The molecular weight excluding hydrogens is 188 g/mol. The van der Waals surface area contributed by atoms with Crippen molar-refractivity contribution in [2.75, 3.05) is 13.7 Å². The van der Waals surface area contributed by atoms with Crippen LogP contribution >= 0.6 is 0 Å². The second-order valence-corrected chi connectivity index (χ2v) is 3.38. The summed E-state index contributed by atoms with van der Waals surface area (Å²) in [6, 6.07) is 5.99. The average molecular weight is 202 g/mol. The van der Waals surface area contributed by atoms with Crippen LogP contribution in [0.2, 0.25) is 0 Å². The molecule has 3 nitrogen and oxygen atoms in total. The molecule has 0 radical (unpaired) electrons. The van der Waals surface area contributed by atoms with Crippen LogP contribution in [0, 0.1) is 0 Å². The Balaban J connectivity index is 2.67. The number of benzene rings is 1. The van der Waals surface area contributed by atoms with E-state index in [2.05, 4.69) is 4.98 Å². The highest BCUT2D eigenvalue weighted by molar-refractivity contribution is 5.87. The topological polar surface area (TPSA) is 48.1 Å². The van der Waals surface area contributed by atoms with Gasteiger partial charge in [0, 0.05) is 23.3 Å². The number of hydrogen-bond acceptors (Lipinski definition) is 3. The zero-order valence-corrected chi connectivity index (χ0v) is 8.73. The van der Waals surface area contributed by atoms with Crippen LogP contribution in [0.4, 0.5) is 0 Å². The summed E-state index contributed by atoms with van der Waals surface area (Å²) in [4.78, 5) is 4.10. The molecule has 0 spiro atoms. The van der Waals surface area contributed by atoms with E-state index in [1.54, 1.807) is 13.3 Å². The third-order valence-electron chi connectivity index (χ3n) is 2.50. The number of aromatic nitrogens is 1. The van der Waals surface area contributed by atoms with E-state index in [0.717, 1.165) is 17.6 Å². The molecule has 0 aliphatic carbocycles. The quantitative estimate of drug-likeness (QED) is 0.824. The van der Waals surface area contributed by atoms with E-state index in [9.17, 15) is 0 Å². The van der Waals surface area contributed by atoms with Gasteiger partial charge in [0.25, 0.3) is 0 Å². The maximum Gasteiger partial charge on any atom is 0.122 e. The van der Waals surface area contributed by atoms with Crippen molar-refractivity contribution in [1.29, 1.82) is 0 Å². The highest BCUT2D eigenvalue weighted by Crippen LogP contribution is 2.27. The Bertz CT molecular complexity index is 468. The van der Waals surface area contributed by atoms with E-state index >= 15 is 0 Å². The van der Waals surface area contributed by atoms with Gasteiger partial charge in [-0.3, -0.25) is 4.98 Å². The molecule has 2 aromatic rings. The molecule has 0 saturated heterocycles. The van der Waals surface area contributed by atoms with E-state index in [-0.39, 0.29) is 0 Å². The number of fused-ring (bicyclic) bond motifs is 1. The lowest BCUT2D eigenvalue weighted by molar-refractivity contribution is 0.410. The number of nitrogens with two attached hydrogens (primary N) is 1. The summed E-state index contributed by atoms with van der Waals surface area (Å²) in [6.07, 6.45) is 4.47. The first kappa shape index (κ1) is 9.93. The Labute approximate surface area is 88.9 Å². The summed E-state index contributed by atoms with van der Waals surface area (Å²) in [6.45, 7) is 0.623. The standard InChI is InChI=1S/C12H14N2O/c1-15-12-3-2-9-8-14-7-5-10(9)11(12)4-6-13/h2-3,5,7-8H,4,6,13H2,1H3. The van der Waals surface area contributed by atoms with Gasteiger partial charge in [-0.05, 0) is 36.6 Å². The van der Waals surface area contributed by atoms with Gasteiger partial charge in [0.15, 0.2) is 0 Å². The minimum atomic E-state index is 0.623. The number of pyridine rings is 1.